The molecule has 0 bridgehead atoms. The molecule has 3 aromatic rings. The molecule has 0 aliphatic carbocycles. The largest absolute Gasteiger partial charge is 0.360 e. The summed E-state index contributed by atoms with van der Waals surface area (Å²) in [5.74, 6) is 0. The average molecular weight is 350 g/mol. The van der Waals surface area contributed by atoms with Gasteiger partial charge in [-0.2, -0.15) is 5.10 Å². The summed E-state index contributed by atoms with van der Waals surface area (Å²) in [7, 11) is 0. The molecule has 3 rings (SSSR count). The van der Waals surface area contributed by atoms with Gasteiger partial charge in [-0.1, -0.05) is 37.3 Å². The third-order valence-corrected chi connectivity index (χ3v) is 4.63. The number of aromatic amines is 1. The third-order valence-electron chi connectivity index (χ3n) is 4.44. The van der Waals surface area contributed by atoms with Crippen LogP contribution in [0, 0.1) is 13.8 Å². The number of anilines is 1. The van der Waals surface area contributed by atoms with Crippen molar-refractivity contribution in [3.05, 3.63) is 64.8 Å². The predicted molar refractivity (Wildman–Crippen MR) is 111 cm³/mol. The molecule has 0 amide bonds. The molecule has 2 aromatic carbocycles. The van der Waals surface area contributed by atoms with E-state index in [2.05, 4.69) is 65.9 Å². The minimum absolute atomic E-state index is 0.471. The van der Waals surface area contributed by atoms with Crippen LogP contribution < -0.4 is 10.7 Å². The van der Waals surface area contributed by atoms with E-state index in [1.807, 2.05) is 18.3 Å². The second kappa shape index (κ2) is 7.49. The first-order chi connectivity index (χ1) is 12.1. The topological polar surface area (TPSA) is 52.2 Å². The van der Waals surface area contributed by atoms with Crippen LogP contribution in [-0.2, 0) is 6.42 Å². The van der Waals surface area contributed by atoms with Crippen LogP contribution in [0.25, 0.3) is 10.9 Å². The van der Waals surface area contributed by atoms with Crippen molar-refractivity contribution < 1.29 is 0 Å². The Hall–Kier alpha value is -2.66. The number of nitrogens with one attached hydrogen (secondary N) is 3. The summed E-state index contributed by atoms with van der Waals surface area (Å²) in [6, 6.07) is 12.4. The fraction of sp³-hybridized carbons (Fsp3) is 0.200. The fourth-order valence-electron chi connectivity index (χ4n) is 2.84. The molecular formula is C20H22N4S. The summed E-state index contributed by atoms with van der Waals surface area (Å²) in [5.41, 5.74) is 9.79. The van der Waals surface area contributed by atoms with Crippen molar-refractivity contribution >= 4 is 40.1 Å². The van der Waals surface area contributed by atoms with E-state index in [4.69, 9.17) is 12.2 Å². The van der Waals surface area contributed by atoms with Crippen LogP contribution >= 0.6 is 12.2 Å². The quantitative estimate of drug-likeness (QED) is 0.364. The molecule has 0 aliphatic heterocycles. The number of para-hydroxylation sites is 1. The number of aromatic nitrogens is 1. The Morgan fingerprint density at radius 1 is 1.20 bits per heavy atom. The van der Waals surface area contributed by atoms with Crippen LogP contribution in [0.4, 0.5) is 5.69 Å². The van der Waals surface area contributed by atoms with Crippen molar-refractivity contribution in [2.45, 2.75) is 27.2 Å². The monoisotopic (exact) mass is 350 g/mol. The lowest BCUT2D eigenvalue weighted by Crippen LogP contribution is -2.24. The van der Waals surface area contributed by atoms with Gasteiger partial charge >= 0.3 is 0 Å². The highest BCUT2D eigenvalue weighted by Crippen LogP contribution is 2.21. The van der Waals surface area contributed by atoms with Crippen molar-refractivity contribution in [3.63, 3.8) is 0 Å². The van der Waals surface area contributed by atoms with Crippen LogP contribution in [0.15, 0.2) is 47.7 Å². The van der Waals surface area contributed by atoms with Crippen molar-refractivity contribution in [2.75, 3.05) is 5.32 Å². The van der Waals surface area contributed by atoms with Gasteiger partial charge in [0.25, 0.3) is 0 Å². The predicted octanol–water partition coefficient (Wildman–Crippen LogP) is 4.67. The second-order valence-corrected chi connectivity index (χ2v) is 6.42. The third kappa shape index (κ3) is 3.72. The standard InChI is InChI=1S/C20H22N4S/c1-4-15-8-6-9-17-16(11-21-19(15)17)12-22-24-20(25)23-18-10-5-7-13(2)14(18)3/h5-12,21H,4H2,1-3H3,(H2,23,24,25). The number of thiocarbonyl (C=S) groups is 1. The van der Waals surface area contributed by atoms with Gasteiger partial charge in [0.2, 0.25) is 0 Å². The molecule has 0 saturated carbocycles. The van der Waals surface area contributed by atoms with Crippen molar-refractivity contribution in [2.24, 2.45) is 5.10 Å². The molecule has 4 nitrogen and oxygen atoms in total. The second-order valence-electron chi connectivity index (χ2n) is 6.01. The molecule has 5 heteroatoms. The zero-order chi connectivity index (χ0) is 17.8. The summed E-state index contributed by atoms with van der Waals surface area (Å²) in [6.07, 6.45) is 4.75. The van der Waals surface area contributed by atoms with E-state index in [1.165, 1.54) is 27.6 Å². The zero-order valence-corrected chi connectivity index (χ0v) is 15.5. The summed E-state index contributed by atoms with van der Waals surface area (Å²) in [4.78, 5) is 3.33. The van der Waals surface area contributed by atoms with E-state index in [0.717, 1.165) is 17.7 Å². The van der Waals surface area contributed by atoms with E-state index in [0.29, 0.717) is 5.11 Å². The molecule has 0 unspecified atom stereocenters. The van der Waals surface area contributed by atoms with E-state index in [-0.39, 0.29) is 0 Å². The first-order valence-corrected chi connectivity index (χ1v) is 8.76. The van der Waals surface area contributed by atoms with Gasteiger partial charge in [0.15, 0.2) is 5.11 Å². The number of rotatable bonds is 4. The van der Waals surface area contributed by atoms with Crippen LogP contribution in [0.5, 0.6) is 0 Å². The number of nitrogens with zero attached hydrogens (tertiary/aromatic N) is 1. The normalized spacial score (nSPS) is 11.2. The van der Waals surface area contributed by atoms with Crippen molar-refractivity contribution in [1.29, 1.82) is 0 Å². The lowest BCUT2D eigenvalue weighted by atomic mass is 10.1. The molecule has 3 N–H and O–H groups in total. The van der Waals surface area contributed by atoms with Crippen LogP contribution in [0.2, 0.25) is 0 Å². The number of hydrogen-bond donors (Lipinski definition) is 3. The number of hydrogen-bond acceptors (Lipinski definition) is 2. The molecule has 0 radical (unpaired) electrons. The first kappa shape index (κ1) is 17.2. The lowest BCUT2D eigenvalue weighted by Gasteiger charge is -2.11. The zero-order valence-electron chi connectivity index (χ0n) is 14.7. The minimum atomic E-state index is 0.471. The lowest BCUT2D eigenvalue weighted by molar-refractivity contribution is 1.05. The summed E-state index contributed by atoms with van der Waals surface area (Å²) in [5, 5.41) is 9.09. The van der Waals surface area contributed by atoms with E-state index in [9.17, 15) is 0 Å². The first-order valence-electron chi connectivity index (χ1n) is 8.35. The number of benzene rings is 2. The molecule has 0 fully saturated rings. The smallest absolute Gasteiger partial charge is 0.191 e. The van der Waals surface area contributed by atoms with Gasteiger partial charge in [-0.3, -0.25) is 5.43 Å². The van der Waals surface area contributed by atoms with Gasteiger partial charge in [-0.15, -0.1) is 0 Å². The van der Waals surface area contributed by atoms with Gasteiger partial charge in [0.05, 0.1) is 6.21 Å². The van der Waals surface area contributed by atoms with Gasteiger partial charge in [0, 0.05) is 28.4 Å². The molecule has 1 aromatic heterocycles. The van der Waals surface area contributed by atoms with Gasteiger partial charge in [-0.25, -0.2) is 0 Å². The Morgan fingerprint density at radius 3 is 2.80 bits per heavy atom. The van der Waals surface area contributed by atoms with Crippen LogP contribution in [-0.4, -0.2) is 16.3 Å². The van der Waals surface area contributed by atoms with Gasteiger partial charge < -0.3 is 10.3 Å². The van der Waals surface area contributed by atoms with Gasteiger partial charge in [0.1, 0.15) is 0 Å². The molecule has 1 heterocycles. The molecule has 0 spiro atoms. The highest BCUT2D eigenvalue weighted by Gasteiger charge is 2.05. The molecule has 0 atom stereocenters. The SMILES string of the molecule is CCc1cccc2c(C=NNC(=S)Nc3cccc(C)c3C)c[nH]c12. The van der Waals surface area contributed by atoms with E-state index < -0.39 is 0 Å². The number of hydrazone groups is 1. The van der Waals surface area contributed by atoms with Crippen LogP contribution in [0.3, 0.4) is 0 Å². The summed E-state index contributed by atoms with van der Waals surface area (Å²) in [6.45, 7) is 6.31. The molecule has 128 valence electrons. The van der Waals surface area contributed by atoms with Crippen LogP contribution in [0.1, 0.15) is 29.2 Å². The Morgan fingerprint density at radius 2 is 2.00 bits per heavy atom. The number of aryl methyl sites for hydroxylation is 2. The fourth-order valence-corrected chi connectivity index (χ4v) is 3.00. The number of fused-ring (bicyclic) bond motifs is 1. The summed E-state index contributed by atoms with van der Waals surface area (Å²) < 4.78 is 0. The maximum atomic E-state index is 5.33. The maximum absolute atomic E-state index is 5.33. The van der Waals surface area contributed by atoms with E-state index >= 15 is 0 Å². The Bertz CT molecular complexity index is 940. The maximum Gasteiger partial charge on any atom is 0.191 e. The Kier molecular flexibility index (Phi) is 5.14. The molecule has 0 aliphatic rings. The number of H-pyrrole nitrogens is 1. The van der Waals surface area contributed by atoms with Gasteiger partial charge in [-0.05, 0) is 55.2 Å². The molecule has 25 heavy (non-hydrogen) atoms. The Balaban J connectivity index is 1.69. The van der Waals surface area contributed by atoms with E-state index in [1.54, 1.807) is 6.21 Å². The molecule has 0 saturated heterocycles. The highest BCUT2D eigenvalue weighted by molar-refractivity contribution is 7.80. The minimum Gasteiger partial charge on any atom is -0.360 e. The Labute approximate surface area is 153 Å². The summed E-state index contributed by atoms with van der Waals surface area (Å²) >= 11 is 5.33. The molecular weight excluding hydrogens is 328 g/mol. The van der Waals surface area contributed by atoms with Crippen molar-refractivity contribution in [3.8, 4) is 0 Å². The van der Waals surface area contributed by atoms with Crippen molar-refractivity contribution in [1.82, 2.24) is 10.4 Å². The highest BCUT2D eigenvalue weighted by atomic mass is 32.1. The average Bonchev–Trinajstić information content (AvgIpc) is 3.02.